The SMILES string of the molecule is CCNCc1cc(F)ccc1-c1cn(C(C)C)nc1C. The fourth-order valence-corrected chi connectivity index (χ4v) is 2.24. The smallest absolute Gasteiger partial charge is 0.123 e. The van der Waals surface area contributed by atoms with Gasteiger partial charge in [0.1, 0.15) is 5.82 Å². The highest BCUT2D eigenvalue weighted by Gasteiger charge is 2.13. The van der Waals surface area contributed by atoms with Gasteiger partial charge in [-0.2, -0.15) is 5.10 Å². The molecular formula is C16H22FN3. The molecule has 0 spiro atoms. The third-order valence-corrected chi connectivity index (χ3v) is 3.37. The van der Waals surface area contributed by atoms with Crippen LogP contribution in [0.15, 0.2) is 24.4 Å². The maximum absolute atomic E-state index is 13.5. The Balaban J connectivity index is 2.45. The van der Waals surface area contributed by atoms with Gasteiger partial charge in [-0.15, -0.1) is 0 Å². The van der Waals surface area contributed by atoms with E-state index in [2.05, 4.69) is 24.3 Å². The molecule has 3 nitrogen and oxygen atoms in total. The quantitative estimate of drug-likeness (QED) is 0.902. The van der Waals surface area contributed by atoms with E-state index in [0.717, 1.165) is 28.9 Å². The number of hydrogen-bond acceptors (Lipinski definition) is 2. The van der Waals surface area contributed by atoms with Gasteiger partial charge in [0.2, 0.25) is 0 Å². The highest BCUT2D eigenvalue weighted by molar-refractivity contribution is 5.69. The number of hydrogen-bond donors (Lipinski definition) is 1. The summed E-state index contributed by atoms with van der Waals surface area (Å²) in [6.07, 6.45) is 2.04. The van der Waals surface area contributed by atoms with Gasteiger partial charge in [0.05, 0.1) is 5.69 Å². The molecule has 0 aliphatic carbocycles. The van der Waals surface area contributed by atoms with Crippen molar-refractivity contribution in [3.05, 3.63) is 41.5 Å². The molecular weight excluding hydrogens is 253 g/mol. The minimum Gasteiger partial charge on any atom is -0.313 e. The van der Waals surface area contributed by atoms with Gasteiger partial charge in [-0.3, -0.25) is 4.68 Å². The van der Waals surface area contributed by atoms with Gasteiger partial charge in [0.15, 0.2) is 0 Å². The van der Waals surface area contributed by atoms with Gasteiger partial charge in [0.25, 0.3) is 0 Å². The summed E-state index contributed by atoms with van der Waals surface area (Å²) in [7, 11) is 0. The van der Waals surface area contributed by atoms with Crippen molar-refractivity contribution >= 4 is 0 Å². The second-order valence-electron chi connectivity index (χ2n) is 5.28. The monoisotopic (exact) mass is 275 g/mol. The van der Waals surface area contributed by atoms with Gasteiger partial charge in [-0.05, 0) is 50.6 Å². The van der Waals surface area contributed by atoms with Gasteiger partial charge in [0, 0.05) is 24.3 Å². The van der Waals surface area contributed by atoms with Crippen LogP contribution in [0.3, 0.4) is 0 Å². The largest absolute Gasteiger partial charge is 0.313 e. The van der Waals surface area contributed by atoms with Crippen LogP contribution in [0.25, 0.3) is 11.1 Å². The lowest BCUT2D eigenvalue weighted by Crippen LogP contribution is -2.12. The van der Waals surface area contributed by atoms with Crippen molar-refractivity contribution in [1.82, 2.24) is 15.1 Å². The first kappa shape index (κ1) is 14.7. The second-order valence-corrected chi connectivity index (χ2v) is 5.28. The summed E-state index contributed by atoms with van der Waals surface area (Å²) in [5.74, 6) is -0.199. The van der Waals surface area contributed by atoms with Crippen LogP contribution >= 0.6 is 0 Å². The molecule has 0 fully saturated rings. The highest BCUT2D eigenvalue weighted by Crippen LogP contribution is 2.28. The molecule has 0 atom stereocenters. The number of aryl methyl sites for hydroxylation is 1. The van der Waals surface area contributed by atoms with Gasteiger partial charge >= 0.3 is 0 Å². The zero-order chi connectivity index (χ0) is 14.7. The number of rotatable bonds is 5. The average molecular weight is 275 g/mol. The molecule has 1 heterocycles. The predicted octanol–water partition coefficient (Wildman–Crippen LogP) is 3.69. The zero-order valence-electron chi connectivity index (χ0n) is 12.6. The summed E-state index contributed by atoms with van der Waals surface area (Å²) >= 11 is 0. The van der Waals surface area contributed by atoms with Crippen molar-refractivity contribution in [2.75, 3.05) is 6.54 Å². The van der Waals surface area contributed by atoms with Crippen LogP contribution in [0.2, 0.25) is 0 Å². The van der Waals surface area contributed by atoms with E-state index in [1.165, 1.54) is 6.07 Å². The molecule has 0 radical (unpaired) electrons. The van der Waals surface area contributed by atoms with Crippen molar-refractivity contribution in [2.24, 2.45) is 0 Å². The van der Waals surface area contributed by atoms with E-state index in [9.17, 15) is 4.39 Å². The molecule has 0 saturated carbocycles. The van der Waals surface area contributed by atoms with Crippen LogP contribution in [0.1, 0.15) is 38.1 Å². The van der Waals surface area contributed by atoms with Crippen molar-refractivity contribution in [3.63, 3.8) is 0 Å². The third kappa shape index (κ3) is 3.07. The van der Waals surface area contributed by atoms with E-state index in [4.69, 9.17) is 0 Å². The zero-order valence-corrected chi connectivity index (χ0v) is 12.6. The van der Waals surface area contributed by atoms with E-state index < -0.39 is 0 Å². The molecule has 0 unspecified atom stereocenters. The van der Waals surface area contributed by atoms with E-state index >= 15 is 0 Å². The molecule has 20 heavy (non-hydrogen) atoms. The molecule has 0 amide bonds. The van der Waals surface area contributed by atoms with Crippen LogP contribution < -0.4 is 5.32 Å². The summed E-state index contributed by atoms with van der Waals surface area (Å²) in [6.45, 7) is 9.76. The Bertz CT molecular complexity index is 587. The number of aromatic nitrogens is 2. The minimum atomic E-state index is -0.199. The fourth-order valence-electron chi connectivity index (χ4n) is 2.24. The van der Waals surface area contributed by atoms with Crippen molar-refractivity contribution in [3.8, 4) is 11.1 Å². The summed E-state index contributed by atoms with van der Waals surface area (Å²) in [5.41, 5.74) is 4.07. The topological polar surface area (TPSA) is 29.9 Å². The minimum absolute atomic E-state index is 0.199. The number of nitrogens with one attached hydrogen (secondary N) is 1. The van der Waals surface area contributed by atoms with Crippen LogP contribution in [0.5, 0.6) is 0 Å². The summed E-state index contributed by atoms with van der Waals surface area (Å²) in [5, 5.41) is 7.79. The summed E-state index contributed by atoms with van der Waals surface area (Å²) in [4.78, 5) is 0. The molecule has 1 N–H and O–H groups in total. The molecule has 108 valence electrons. The molecule has 0 aliphatic rings. The average Bonchev–Trinajstić information content (AvgIpc) is 2.79. The Kier molecular flexibility index (Phi) is 4.55. The Morgan fingerprint density at radius 3 is 2.65 bits per heavy atom. The van der Waals surface area contributed by atoms with Gasteiger partial charge < -0.3 is 5.32 Å². The molecule has 4 heteroatoms. The maximum atomic E-state index is 13.5. The lowest BCUT2D eigenvalue weighted by Gasteiger charge is -2.10. The highest BCUT2D eigenvalue weighted by atomic mass is 19.1. The number of halogens is 1. The Labute approximate surface area is 119 Å². The fraction of sp³-hybridized carbons (Fsp3) is 0.438. The van der Waals surface area contributed by atoms with E-state index in [1.807, 2.05) is 30.8 Å². The summed E-state index contributed by atoms with van der Waals surface area (Å²) < 4.78 is 15.4. The third-order valence-electron chi connectivity index (χ3n) is 3.37. The van der Waals surface area contributed by atoms with Gasteiger partial charge in [-0.25, -0.2) is 4.39 Å². The first-order valence-electron chi connectivity index (χ1n) is 7.08. The van der Waals surface area contributed by atoms with E-state index in [1.54, 1.807) is 6.07 Å². The van der Waals surface area contributed by atoms with Crippen molar-refractivity contribution in [1.29, 1.82) is 0 Å². The predicted molar refractivity (Wildman–Crippen MR) is 80.1 cm³/mol. The molecule has 1 aromatic heterocycles. The first-order chi connectivity index (χ1) is 9.52. The molecule has 1 aromatic carbocycles. The van der Waals surface area contributed by atoms with Gasteiger partial charge in [-0.1, -0.05) is 13.0 Å². The number of nitrogens with zero attached hydrogens (tertiary/aromatic N) is 2. The molecule has 2 aromatic rings. The van der Waals surface area contributed by atoms with Crippen molar-refractivity contribution < 1.29 is 4.39 Å². The van der Waals surface area contributed by atoms with Crippen LogP contribution in [-0.2, 0) is 6.54 Å². The van der Waals surface area contributed by atoms with Crippen LogP contribution in [0, 0.1) is 12.7 Å². The Morgan fingerprint density at radius 1 is 1.30 bits per heavy atom. The number of benzene rings is 1. The molecule has 0 bridgehead atoms. The summed E-state index contributed by atoms with van der Waals surface area (Å²) in [6, 6.07) is 5.28. The molecule has 2 rings (SSSR count). The normalized spacial score (nSPS) is 11.3. The van der Waals surface area contributed by atoms with Crippen LogP contribution in [0.4, 0.5) is 4.39 Å². The van der Waals surface area contributed by atoms with E-state index in [-0.39, 0.29) is 5.82 Å². The standard InChI is InChI=1S/C16H22FN3/c1-5-18-9-13-8-14(17)6-7-15(13)16-10-20(11(2)3)19-12(16)4/h6-8,10-11,18H,5,9H2,1-4H3. The van der Waals surface area contributed by atoms with E-state index in [0.29, 0.717) is 12.6 Å². The Morgan fingerprint density at radius 2 is 2.05 bits per heavy atom. The first-order valence-corrected chi connectivity index (χ1v) is 7.08. The molecule has 0 aliphatic heterocycles. The lowest BCUT2D eigenvalue weighted by atomic mass is 10.00. The van der Waals surface area contributed by atoms with Crippen molar-refractivity contribution in [2.45, 2.75) is 40.3 Å². The second kappa shape index (κ2) is 6.18. The maximum Gasteiger partial charge on any atom is 0.123 e. The Hall–Kier alpha value is -1.68. The van der Waals surface area contributed by atoms with Crippen LogP contribution in [-0.4, -0.2) is 16.3 Å². The lowest BCUT2D eigenvalue weighted by molar-refractivity contribution is 0.529. The molecule has 0 saturated heterocycles.